The second-order valence-corrected chi connectivity index (χ2v) is 8.27. The lowest BCUT2D eigenvalue weighted by Crippen LogP contribution is -2.26. The van der Waals surface area contributed by atoms with Crippen LogP contribution in [0.4, 0.5) is 5.82 Å². The van der Waals surface area contributed by atoms with Crippen LogP contribution in [-0.2, 0) is 17.6 Å². The Hall–Kier alpha value is -2.39. The average molecular weight is 381 g/mol. The zero-order valence-electron chi connectivity index (χ0n) is 16.0. The topological polar surface area (TPSA) is 78.7 Å². The molecule has 0 radical (unpaired) electrons. The molecule has 2 atom stereocenters. The molecule has 5 nitrogen and oxygen atoms in total. The van der Waals surface area contributed by atoms with Crippen LogP contribution in [0, 0.1) is 24.2 Å². The summed E-state index contributed by atoms with van der Waals surface area (Å²) in [5, 5.41) is 12.8. The fraction of sp³-hybridized carbons (Fsp3) is 0.429. The van der Waals surface area contributed by atoms with E-state index in [4.69, 9.17) is 4.98 Å². The van der Waals surface area contributed by atoms with Crippen LogP contribution in [0.1, 0.15) is 49.1 Å². The minimum atomic E-state index is -0.327. The van der Waals surface area contributed by atoms with Gasteiger partial charge < -0.3 is 5.32 Å². The van der Waals surface area contributed by atoms with E-state index in [0.717, 1.165) is 30.5 Å². The molecule has 140 valence electrons. The van der Waals surface area contributed by atoms with Crippen molar-refractivity contribution in [1.29, 1.82) is 5.26 Å². The zero-order chi connectivity index (χ0) is 19.4. The number of hydrogen-bond acceptors (Lipinski definition) is 5. The van der Waals surface area contributed by atoms with Gasteiger partial charge in [0.1, 0.15) is 16.9 Å². The normalized spacial score (nSPS) is 16.9. The van der Waals surface area contributed by atoms with Crippen LogP contribution in [0.2, 0.25) is 0 Å². The third-order valence-electron chi connectivity index (χ3n) is 4.89. The standard InChI is InChI=1S/C21H24N4OS/c1-4-18(20(26)25-19-14(3)6-5-9-23-19)27-21-16(12-22)11-15-10-13(2)7-8-17(15)24-21/h5-6,9,11,13,18H,4,7-8,10H2,1-3H3,(H,23,25,26). The van der Waals surface area contributed by atoms with E-state index >= 15 is 0 Å². The molecular formula is C21H24N4OS. The monoisotopic (exact) mass is 380 g/mol. The van der Waals surface area contributed by atoms with E-state index in [1.807, 2.05) is 32.0 Å². The molecule has 2 aromatic heterocycles. The molecule has 0 aromatic carbocycles. The number of thioether (sulfide) groups is 1. The van der Waals surface area contributed by atoms with Crippen LogP contribution in [0.3, 0.4) is 0 Å². The highest BCUT2D eigenvalue weighted by molar-refractivity contribution is 8.00. The summed E-state index contributed by atoms with van der Waals surface area (Å²) < 4.78 is 0. The zero-order valence-corrected chi connectivity index (χ0v) is 16.8. The number of pyridine rings is 2. The minimum absolute atomic E-state index is 0.110. The Kier molecular flexibility index (Phi) is 6.12. The Labute approximate surface area is 164 Å². The molecule has 1 aliphatic carbocycles. The summed E-state index contributed by atoms with van der Waals surface area (Å²) in [5.41, 5.74) is 3.74. The van der Waals surface area contributed by atoms with Gasteiger partial charge in [0.05, 0.1) is 10.8 Å². The first-order valence-electron chi connectivity index (χ1n) is 9.33. The molecule has 0 aliphatic heterocycles. The summed E-state index contributed by atoms with van der Waals surface area (Å²) in [6.07, 6.45) is 5.33. The molecule has 0 spiro atoms. The van der Waals surface area contributed by atoms with Gasteiger partial charge in [-0.3, -0.25) is 4.79 Å². The molecule has 27 heavy (non-hydrogen) atoms. The third kappa shape index (κ3) is 4.48. The predicted molar refractivity (Wildman–Crippen MR) is 108 cm³/mol. The number of aryl methyl sites for hydroxylation is 2. The molecule has 0 fully saturated rings. The van der Waals surface area contributed by atoms with E-state index in [2.05, 4.69) is 23.3 Å². The largest absolute Gasteiger partial charge is 0.310 e. The highest BCUT2D eigenvalue weighted by Crippen LogP contribution is 2.32. The summed E-state index contributed by atoms with van der Waals surface area (Å²) in [7, 11) is 0. The van der Waals surface area contributed by atoms with Gasteiger partial charge in [0.25, 0.3) is 0 Å². The van der Waals surface area contributed by atoms with Crippen molar-refractivity contribution in [3.8, 4) is 6.07 Å². The van der Waals surface area contributed by atoms with Crippen molar-refractivity contribution in [3.05, 3.63) is 46.8 Å². The first-order valence-corrected chi connectivity index (χ1v) is 10.2. The number of carbonyl (C=O) groups excluding carboxylic acids is 1. The number of rotatable bonds is 5. The molecule has 0 saturated heterocycles. The van der Waals surface area contributed by atoms with Crippen molar-refractivity contribution in [3.63, 3.8) is 0 Å². The number of hydrogen-bond donors (Lipinski definition) is 1. The maximum Gasteiger partial charge on any atom is 0.239 e. The van der Waals surface area contributed by atoms with Gasteiger partial charge in [0.2, 0.25) is 5.91 Å². The Morgan fingerprint density at radius 1 is 1.52 bits per heavy atom. The number of amides is 1. The van der Waals surface area contributed by atoms with Gasteiger partial charge >= 0.3 is 0 Å². The van der Waals surface area contributed by atoms with E-state index < -0.39 is 0 Å². The maximum atomic E-state index is 12.7. The highest BCUT2D eigenvalue weighted by Gasteiger charge is 2.24. The lowest BCUT2D eigenvalue weighted by atomic mass is 9.87. The van der Waals surface area contributed by atoms with Crippen LogP contribution in [0.15, 0.2) is 29.4 Å². The number of nitrogens with one attached hydrogen (secondary N) is 1. The first kappa shape index (κ1) is 19.4. The Morgan fingerprint density at radius 2 is 2.33 bits per heavy atom. The third-order valence-corrected chi connectivity index (χ3v) is 6.25. The van der Waals surface area contributed by atoms with E-state index in [-0.39, 0.29) is 11.2 Å². The first-order chi connectivity index (χ1) is 13.0. The van der Waals surface area contributed by atoms with Crippen LogP contribution in [-0.4, -0.2) is 21.1 Å². The number of anilines is 1. The molecule has 2 unspecified atom stereocenters. The minimum Gasteiger partial charge on any atom is -0.310 e. The molecule has 0 saturated carbocycles. The van der Waals surface area contributed by atoms with Gasteiger partial charge in [-0.15, -0.1) is 0 Å². The summed E-state index contributed by atoms with van der Waals surface area (Å²) in [4.78, 5) is 21.7. The number of nitrogens with zero attached hydrogens (tertiary/aromatic N) is 3. The molecule has 1 amide bonds. The van der Waals surface area contributed by atoms with Crippen molar-refractivity contribution in [2.75, 3.05) is 5.32 Å². The van der Waals surface area contributed by atoms with Crippen molar-refractivity contribution in [2.24, 2.45) is 5.92 Å². The molecule has 2 aromatic rings. The van der Waals surface area contributed by atoms with E-state index in [0.29, 0.717) is 28.7 Å². The van der Waals surface area contributed by atoms with Crippen LogP contribution >= 0.6 is 11.8 Å². The molecule has 6 heteroatoms. The SMILES string of the molecule is CCC(Sc1nc2c(cc1C#N)CC(C)CC2)C(=O)Nc1ncccc1C. The molecule has 1 N–H and O–H groups in total. The van der Waals surface area contributed by atoms with Gasteiger partial charge in [0.15, 0.2) is 0 Å². The highest BCUT2D eigenvalue weighted by atomic mass is 32.2. The van der Waals surface area contributed by atoms with Gasteiger partial charge in [-0.1, -0.05) is 31.7 Å². The van der Waals surface area contributed by atoms with Crippen LogP contribution < -0.4 is 5.32 Å². The summed E-state index contributed by atoms with van der Waals surface area (Å²) in [6.45, 7) is 6.11. The van der Waals surface area contributed by atoms with E-state index in [9.17, 15) is 10.1 Å². The molecule has 1 aliphatic rings. The molecular weight excluding hydrogens is 356 g/mol. The smallest absolute Gasteiger partial charge is 0.239 e. The van der Waals surface area contributed by atoms with Crippen molar-refractivity contribution in [1.82, 2.24) is 9.97 Å². The van der Waals surface area contributed by atoms with Gasteiger partial charge in [-0.05, 0) is 61.8 Å². The Morgan fingerprint density at radius 3 is 3.04 bits per heavy atom. The lowest BCUT2D eigenvalue weighted by Gasteiger charge is -2.22. The van der Waals surface area contributed by atoms with E-state index in [1.165, 1.54) is 17.3 Å². The van der Waals surface area contributed by atoms with E-state index in [1.54, 1.807) is 6.20 Å². The molecule has 0 bridgehead atoms. The predicted octanol–water partition coefficient (Wildman–Crippen LogP) is 4.29. The summed E-state index contributed by atoms with van der Waals surface area (Å²) in [5.74, 6) is 1.09. The molecule has 2 heterocycles. The lowest BCUT2D eigenvalue weighted by molar-refractivity contribution is -0.115. The number of fused-ring (bicyclic) bond motifs is 1. The van der Waals surface area contributed by atoms with Crippen LogP contribution in [0.5, 0.6) is 0 Å². The van der Waals surface area contributed by atoms with Crippen LogP contribution in [0.25, 0.3) is 0 Å². The Balaban J connectivity index is 1.81. The second kappa shape index (κ2) is 8.53. The Bertz CT molecular complexity index is 890. The summed E-state index contributed by atoms with van der Waals surface area (Å²) >= 11 is 1.37. The van der Waals surface area contributed by atoms with Crippen molar-refractivity contribution < 1.29 is 4.79 Å². The summed E-state index contributed by atoms with van der Waals surface area (Å²) in [6, 6.07) is 7.98. The average Bonchev–Trinajstić information content (AvgIpc) is 2.67. The maximum absolute atomic E-state index is 12.7. The van der Waals surface area contributed by atoms with Crippen molar-refractivity contribution in [2.45, 2.75) is 56.7 Å². The second-order valence-electron chi connectivity index (χ2n) is 7.08. The van der Waals surface area contributed by atoms with Gasteiger partial charge in [-0.2, -0.15) is 5.26 Å². The number of nitriles is 1. The molecule has 3 rings (SSSR count). The number of aromatic nitrogens is 2. The number of carbonyl (C=O) groups is 1. The fourth-order valence-electron chi connectivity index (χ4n) is 3.27. The van der Waals surface area contributed by atoms with Gasteiger partial charge in [-0.25, -0.2) is 9.97 Å². The van der Waals surface area contributed by atoms with Gasteiger partial charge in [0, 0.05) is 11.9 Å². The fourth-order valence-corrected chi connectivity index (χ4v) is 4.26. The quantitative estimate of drug-likeness (QED) is 0.783. The van der Waals surface area contributed by atoms with Crippen molar-refractivity contribution >= 4 is 23.5 Å².